The molecule has 1 heteroatoms. The Hall–Kier alpha value is -0.820. The number of hydrogen-bond acceptors (Lipinski definition) is 1. The molecule has 1 unspecified atom stereocenters. The topological polar surface area (TPSA) is 12.0 Å². The molecule has 0 saturated carbocycles. The van der Waals surface area contributed by atoms with Crippen LogP contribution in [-0.2, 0) is 0 Å². The van der Waals surface area contributed by atoms with Crippen LogP contribution in [-0.4, -0.2) is 13.1 Å². The predicted molar refractivity (Wildman–Crippen MR) is 62.6 cm³/mol. The average Bonchev–Trinajstić information content (AvgIpc) is 2.25. The Bertz CT molecular complexity index is 230. The van der Waals surface area contributed by atoms with Gasteiger partial charge in [0.05, 0.1) is 0 Å². The van der Waals surface area contributed by atoms with Crippen molar-refractivity contribution in [1.29, 1.82) is 0 Å². The summed E-state index contributed by atoms with van der Waals surface area (Å²) < 4.78 is 0. The van der Waals surface area contributed by atoms with Crippen molar-refractivity contribution in [3.63, 3.8) is 0 Å². The van der Waals surface area contributed by atoms with Crippen LogP contribution >= 0.6 is 0 Å². The minimum atomic E-state index is 0.619. The maximum atomic E-state index is 3.48. The van der Waals surface area contributed by atoms with E-state index in [0.29, 0.717) is 5.92 Å². The Kier molecular flexibility index (Phi) is 5.31. The van der Waals surface area contributed by atoms with E-state index >= 15 is 0 Å². The Labute approximate surface area is 87.5 Å². The maximum absolute atomic E-state index is 3.48. The predicted octanol–water partition coefficient (Wildman–Crippen LogP) is 3.18. The molecule has 1 aromatic carbocycles. The van der Waals surface area contributed by atoms with E-state index in [1.807, 2.05) is 0 Å². The lowest BCUT2D eigenvalue weighted by atomic mass is 10.0. The fourth-order valence-electron chi connectivity index (χ4n) is 1.52. The molecule has 0 amide bonds. The summed E-state index contributed by atoms with van der Waals surface area (Å²) in [7, 11) is 0. The zero-order chi connectivity index (χ0) is 10.2. The zero-order valence-electron chi connectivity index (χ0n) is 9.29. The van der Waals surface area contributed by atoms with Gasteiger partial charge in [0, 0.05) is 6.54 Å². The summed E-state index contributed by atoms with van der Waals surface area (Å²) in [5, 5.41) is 3.48. The van der Waals surface area contributed by atoms with E-state index in [-0.39, 0.29) is 0 Å². The molecule has 0 fully saturated rings. The fraction of sp³-hybridized carbons (Fsp3) is 0.538. The molecule has 0 radical (unpaired) electrons. The highest BCUT2D eigenvalue weighted by Gasteiger charge is 2.02. The van der Waals surface area contributed by atoms with E-state index in [9.17, 15) is 0 Å². The largest absolute Gasteiger partial charge is 0.316 e. The molecule has 78 valence electrons. The molecular weight excluding hydrogens is 170 g/mol. The second-order valence-corrected chi connectivity index (χ2v) is 3.87. The normalized spacial score (nSPS) is 12.7. The molecule has 1 atom stereocenters. The fourth-order valence-corrected chi connectivity index (χ4v) is 1.52. The molecule has 1 rings (SSSR count). The van der Waals surface area contributed by atoms with Crippen molar-refractivity contribution in [2.24, 2.45) is 0 Å². The zero-order valence-corrected chi connectivity index (χ0v) is 9.29. The van der Waals surface area contributed by atoms with Crippen LogP contribution in [0.3, 0.4) is 0 Å². The van der Waals surface area contributed by atoms with E-state index in [2.05, 4.69) is 49.5 Å². The van der Waals surface area contributed by atoms with Gasteiger partial charge in [-0.15, -0.1) is 0 Å². The lowest BCUT2D eigenvalue weighted by Crippen LogP contribution is -2.21. The Morgan fingerprint density at radius 2 is 1.93 bits per heavy atom. The second-order valence-electron chi connectivity index (χ2n) is 3.87. The van der Waals surface area contributed by atoms with Gasteiger partial charge in [-0.3, -0.25) is 0 Å². The van der Waals surface area contributed by atoms with Gasteiger partial charge in [0.15, 0.2) is 0 Å². The SMILES string of the molecule is CCCCNCC(C)c1ccccc1. The first kappa shape index (κ1) is 11.3. The van der Waals surface area contributed by atoms with Crippen LogP contribution in [0.5, 0.6) is 0 Å². The number of hydrogen-bond donors (Lipinski definition) is 1. The summed E-state index contributed by atoms with van der Waals surface area (Å²) in [6, 6.07) is 10.7. The standard InChI is InChI=1S/C13H21N/c1-3-4-10-14-11-12(2)13-8-6-5-7-9-13/h5-9,12,14H,3-4,10-11H2,1-2H3. The third kappa shape index (κ3) is 3.93. The van der Waals surface area contributed by atoms with Gasteiger partial charge in [0.2, 0.25) is 0 Å². The molecular formula is C13H21N. The summed E-state index contributed by atoms with van der Waals surface area (Å²) in [6.45, 7) is 6.73. The quantitative estimate of drug-likeness (QED) is 0.681. The van der Waals surface area contributed by atoms with Gasteiger partial charge in [-0.25, -0.2) is 0 Å². The number of nitrogens with one attached hydrogen (secondary N) is 1. The molecule has 1 N–H and O–H groups in total. The summed E-state index contributed by atoms with van der Waals surface area (Å²) >= 11 is 0. The van der Waals surface area contributed by atoms with Crippen molar-refractivity contribution in [1.82, 2.24) is 5.32 Å². The van der Waals surface area contributed by atoms with E-state index in [1.54, 1.807) is 0 Å². The van der Waals surface area contributed by atoms with Crippen LogP contribution in [0.4, 0.5) is 0 Å². The van der Waals surface area contributed by atoms with Crippen LogP contribution in [0.15, 0.2) is 30.3 Å². The minimum Gasteiger partial charge on any atom is -0.316 e. The number of benzene rings is 1. The Morgan fingerprint density at radius 3 is 2.57 bits per heavy atom. The lowest BCUT2D eigenvalue weighted by Gasteiger charge is -2.12. The second kappa shape index (κ2) is 6.61. The lowest BCUT2D eigenvalue weighted by molar-refractivity contribution is 0.591. The van der Waals surface area contributed by atoms with Gasteiger partial charge in [-0.2, -0.15) is 0 Å². The van der Waals surface area contributed by atoms with Crippen molar-refractivity contribution in [3.8, 4) is 0 Å². The monoisotopic (exact) mass is 191 g/mol. The van der Waals surface area contributed by atoms with Gasteiger partial charge in [-0.1, -0.05) is 50.6 Å². The Balaban J connectivity index is 2.25. The van der Waals surface area contributed by atoms with Gasteiger partial charge in [0.1, 0.15) is 0 Å². The summed E-state index contributed by atoms with van der Waals surface area (Å²) in [5.41, 5.74) is 1.43. The van der Waals surface area contributed by atoms with Gasteiger partial charge >= 0.3 is 0 Å². The van der Waals surface area contributed by atoms with E-state index in [4.69, 9.17) is 0 Å². The first-order valence-electron chi connectivity index (χ1n) is 5.60. The van der Waals surface area contributed by atoms with Crippen LogP contribution in [0.2, 0.25) is 0 Å². The van der Waals surface area contributed by atoms with Gasteiger partial charge in [0.25, 0.3) is 0 Å². The third-order valence-electron chi connectivity index (χ3n) is 2.53. The maximum Gasteiger partial charge on any atom is 0.00174 e. The summed E-state index contributed by atoms with van der Waals surface area (Å²) in [5.74, 6) is 0.619. The van der Waals surface area contributed by atoms with Gasteiger partial charge in [-0.05, 0) is 24.4 Å². The molecule has 0 aliphatic heterocycles. The minimum absolute atomic E-state index is 0.619. The van der Waals surface area contributed by atoms with Crippen molar-refractivity contribution in [2.75, 3.05) is 13.1 Å². The first-order valence-corrected chi connectivity index (χ1v) is 5.60. The molecule has 14 heavy (non-hydrogen) atoms. The van der Waals surface area contributed by atoms with E-state index in [0.717, 1.165) is 13.1 Å². The highest BCUT2D eigenvalue weighted by molar-refractivity contribution is 5.18. The van der Waals surface area contributed by atoms with Crippen LogP contribution in [0.1, 0.15) is 38.2 Å². The highest BCUT2D eigenvalue weighted by atomic mass is 14.8. The molecule has 1 aromatic rings. The first-order chi connectivity index (χ1) is 6.84. The van der Waals surface area contributed by atoms with Crippen molar-refractivity contribution in [3.05, 3.63) is 35.9 Å². The molecule has 0 aliphatic rings. The molecule has 1 nitrogen and oxygen atoms in total. The summed E-state index contributed by atoms with van der Waals surface area (Å²) in [4.78, 5) is 0. The summed E-state index contributed by atoms with van der Waals surface area (Å²) in [6.07, 6.45) is 2.55. The van der Waals surface area contributed by atoms with Gasteiger partial charge < -0.3 is 5.32 Å². The van der Waals surface area contributed by atoms with Crippen molar-refractivity contribution >= 4 is 0 Å². The van der Waals surface area contributed by atoms with Crippen LogP contribution < -0.4 is 5.32 Å². The van der Waals surface area contributed by atoms with E-state index < -0.39 is 0 Å². The number of rotatable bonds is 6. The van der Waals surface area contributed by atoms with Crippen molar-refractivity contribution < 1.29 is 0 Å². The third-order valence-corrected chi connectivity index (χ3v) is 2.53. The molecule has 0 aromatic heterocycles. The van der Waals surface area contributed by atoms with E-state index in [1.165, 1.54) is 18.4 Å². The molecule has 0 aliphatic carbocycles. The van der Waals surface area contributed by atoms with Crippen molar-refractivity contribution in [2.45, 2.75) is 32.6 Å². The molecule has 0 heterocycles. The van der Waals surface area contributed by atoms with Crippen LogP contribution in [0, 0.1) is 0 Å². The molecule has 0 bridgehead atoms. The smallest absolute Gasteiger partial charge is 0.00174 e. The average molecular weight is 191 g/mol. The van der Waals surface area contributed by atoms with Crippen LogP contribution in [0.25, 0.3) is 0 Å². The molecule has 0 saturated heterocycles. The number of unbranched alkanes of at least 4 members (excludes halogenated alkanes) is 1. The Morgan fingerprint density at radius 1 is 1.21 bits per heavy atom. The highest BCUT2D eigenvalue weighted by Crippen LogP contribution is 2.12. The molecule has 0 spiro atoms.